The Morgan fingerprint density at radius 3 is 1.52 bits per heavy atom. The largest absolute Gasteiger partial charge is 0.510 e. The summed E-state index contributed by atoms with van der Waals surface area (Å²) in [5.74, 6) is 1.92. The third-order valence-corrected chi connectivity index (χ3v) is 13.4. The topological polar surface area (TPSA) is 54.7 Å². The monoisotopic (exact) mass is 1060 g/mol. The summed E-state index contributed by atoms with van der Waals surface area (Å²) in [6.45, 7) is 2.20. The quantitative estimate of drug-likeness (QED) is 0.149. The molecule has 0 amide bonds. The van der Waals surface area contributed by atoms with Crippen molar-refractivity contribution in [3.63, 3.8) is 0 Å². The van der Waals surface area contributed by atoms with Gasteiger partial charge in [-0.2, -0.15) is 24.3 Å². The van der Waals surface area contributed by atoms with Crippen molar-refractivity contribution >= 4 is 76.5 Å². The van der Waals surface area contributed by atoms with Gasteiger partial charge < -0.3 is 28.0 Å². The second-order valence-electron chi connectivity index (χ2n) is 17.2. The first kappa shape index (κ1) is 40.7. The Kier molecular flexibility index (Phi) is 9.50. The molecule has 0 atom stereocenters. The summed E-state index contributed by atoms with van der Waals surface area (Å²) in [4.78, 5) is 9.86. The zero-order chi connectivity index (χ0) is 44.9. The van der Waals surface area contributed by atoms with Gasteiger partial charge in [-0.3, -0.25) is 0 Å². The van der Waals surface area contributed by atoms with Crippen LogP contribution < -0.4 is 4.74 Å². The number of fused-ring (bicyclic) bond motifs is 10. The number of hydrogen-bond donors (Lipinski definition) is 0. The summed E-state index contributed by atoms with van der Waals surface area (Å²) in [6, 6.07) is 77.2. The number of aryl methyl sites for hydroxylation is 1. The Morgan fingerprint density at radius 2 is 0.942 bits per heavy atom. The number of rotatable bonds is 7. The number of aromatic nitrogens is 6. The van der Waals surface area contributed by atoms with E-state index in [1.807, 2.05) is 53.1 Å². The Hall–Kier alpha value is -8.51. The molecule has 0 spiro atoms. The van der Waals surface area contributed by atoms with Gasteiger partial charge in [-0.15, -0.1) is 29.3 Å². The Labute approximate surface area is 411 Å². The van der Waals surface area contributed by atoms with Crippen molar-refractivity contribution < 1.29 is 25.8 Å². The molecular formula is C61H37N6OPt-3. The molecule has 0 aliphatic rings. The minimum Gasteiger partial charge on any atom is -0.510 e. The van der Waals surface area contributed by atoms with E-state index in [1.165, 1.54) is 21.5 Å². The molecule has 330 valence electrons. The van der Waals surface area contributed by atoms with Gasteiger partial charge in [0.05, 0.1) is 33.4 Å². The van der Waals surface area contributed by atoms with Gasteiger partial charge in [0, 0.05) is 83.3 Å². The summed E-state index contributed by atoms with van der Waals surface area (Å²) < 4.78 is 15.5. The first-order valence-corrected chi connectivity index (χ1v) is 22.7. The van der Waals surface area contributed by atoms with Crippen molar-refractivity contribution in [2.45, 2.75) is 6.92 Å². The number of benzene rings is 9. The minimum absolute atomic E-state index is 0. The molecule has 5 heterocycles. The maximum atomic E-state index is 6.55. The number of pyridine rings is 1. The number of imidazole rings is 1. The van der Waals surface area contributed by atoms with Gasteiger partial charge in [-0.05, 0) is 71.9 Å². The second-order valence-corrected chi connectivity index (χ2v) is 17.2. The van der Waals surface area contributed by atoms with Crippen LogP contribution in [0.5, 0.6) is 11.5 Å². The summed E-state index contributed by atoms with van der Waals surface area (Å²) in [5, 5.41) is 7.01. The average Bonchev–Trinajstić information content (AvgIpc) is 4.15. The third kappa shape index (κ3) is 6.31. The van der Waals surface area contributed by atoms with Crippen molar-refractivity contribution in [1.29, 1.82) is 0 Å². The van der Waals surface area contributed by atoms with Crippen LogP contribution in [-0.4, -0.2) is 28.2 Å². The number of nitrogens with zero attached hydrogens (tertiary/aromatic N) is 6. The molecule has 0 aliphatic heterocycles. The van der Waals surface area contributed by atoms with Crippen LogP contribution in [0, 0.1) is 25.4 Å². The molecule has 0 saturated heterocycles. The molecule has 0 fully saturated rings. The predicted molar refractivity (Wildman–Crippen MR) is 275 cm³/mol. The maximum absolute atomic E-state index is 6.55. The van der Waals surface area contributed by atoms with E-state index in [0.29, 0.717) is 11.5 Å². The van der Waals surface area contributed by atoms with E-state index >= 15 is 0 Å². The van der Waals surface area contributed by atoms with E-state index in [2.05, 4.69) is 202 Å². The Morgan fingerprint density at radius 1 is 0.449 bits per heavy atom. The van der Waals surface area contributed by atoms with Crippen LogP contribution in [0.4, 0.5) is 0 Å². The summed E-state index contributed by atoms with van der Waals surface area (Å²) in [5.41, 5.74) is 14.4. The molecule has 14 aromatic rings. The molecule has 0 unspecified atom stereocenters. The van der Waals surface area contributed by atoms with Gasteiger partial charge in [0.1, 0.15) is 5.82 Å². The number of hydrogen-bond acceptors (Lipinski definition) is 3. The maximum Gasteiger partial charge on any atom is 0.135 e. The van der Waals surface area contributed by atoms with Crippen LogP contribution in [-0.2, 0) is 21.1 Å². The summed E-state index contributed by atoms with van der Waals surface area (Å²) in [7, 11) is 0. The zero-order valence-electron chi connectivity index (χ0n) is 37.0. The molecule has 7 nitrogen and oxygen atoms in total. The van der Waals surface area contributed by atoms with Crippen molar-refractivity contribution in [2.75, 3.05) is 0 Å². The molecule has 8 heteroatoms. The fourth-order valence-corrected chi connectivity index (χ4v) is 10.5. The van der Waals surface area contributed by atoms with Gasteiger partial charge in [0.25, 0.3) is 0 Å². The fraction of sp³-hybridized carbons (Fsp3) is 0.0164. The number of para-hydroxylation sites is 7. The van der Waals surface area contributed by atoms with Crippen molar-refractivity contribution in [3.8, 4) is 45.5 Å². The molecule has 0 saturated carbocycles. The average molecular weight is 1070 g/mol. The molecule has 0 radical (unpaired) electrons. The third-order valence-electron chi connectivity index (χ3n) is 13.4. The Balaban J connectivity index is 0.00000469. The molecule has 5 aromatic heterocycles. The van der Waals surface area contributed by atoms with Gasteiger partial charge in [0.15, 0.2) is 0 Å². The van der Waals surface area contributed by atoms with E-state index in [-0.39, 0.29) is 21.1 Å². The normalized spacial score (nSPS) is 11.7. The van der Waals surface area contributed by atoms with Crippen molar-refractivity contribution in [1.82, 2.24) is 28.2 Å². The van der Waals surface area contributed by atoms with E-state index in [1.54, 1.807) is 0 Å². The number of ether oxygens (including phenoxy) is 1. The van der Waals surface area contributed by atoms with Crippen LogP contribution in [0.3, 0.4) is 0 Å². The van der Waals surface area contributed by atoms with Gasteiger partial charge in [-0.25, -0.2) is 4.98 Å². The molecule has 0 bridgehead atoms. The summed E-state index contributed by atoms with van der Waals surface area (Å²) in [6.07, 6.45) is 5.17. The summed E-state index contributed by atoms with van der Waals surface area (Å²) >= 11 is 0. The van der Waals surface area contributed by atoms with E-state index in [0.717, 1.165) is 94.5 Å². The van der Waals surface area contributed by atoms with Crippen LogP contribution >= 0.6 is 0 Å². The minimum atomic E-state index is 0. The van der Waals surface area contributed by atoms with Crippen LogP contribution in [0.15, 0.2) is 206 Å². The first-order valence-electron chi connectivity index (χ1n) is 22.7. The zero-order valence-corrected chi connectivity index (χ0v) is 39.3. The van der Waals surface area contributed by atoms with E-state index in [9.17, 15) is 0 Å². The van der Waals surface area contributed by atoms with E-state index in [4.69, 9.17) is 9.72 Å². The predicted octanol–water partition coefficient (Wildman–Crippen LogP) is 14.9. The Bertz CT molecular complexity index is 4110. The van der Waals surface area contributed by atoms with Gasteiger partial charge in [-0.1, -0.05) is 132 Å². The van der Waals surface area contributed by atoms with Crippen molar-refractivity contribution in [2.24, 2.45) is 0 Å². The smallest absolute Gasteiger partial charge is 0.135 e. The van der Waals surface area contributed by atoms with Crippen molar-refractivity contribution in [3.05, 3.63) is 230 Å². The molecule has 9 aromatic carbocycles. The molecule has 69 heavy (non-hydrogen) atoms. The second kappa shape index (κ2) is 16.1. The van der Waals surface area contributed by atoms with Gasteiger partial charge >= 0.3 is 0 Å². The van der Waals surface area contributed by atoms with E-state index < -0.39 is 0 Å². The van der Waals surface area contributed by atoms with Crippen LogP contribution in [0.25, 0.3) is 110 Å². The van der Waals surface area contributed by atoms with Crippen LogP contribution in [0.2, 0.25) is 0 Å². The molecular weight excluding hydrogens is 1030 g/mol. The fourth-order valence-electron chi connectivity index (χ4n) is 10.5. The SMILES string of the molecule is Cc1cc(-n2c3[c-]c(Oc4[c-]c(-n5[c-]nc6ccccc65)ccc4)ccc3c3ccccc32)ncc1-c1c(-n2c3ccccc3c3ccccc32)cccc1-n1c2ccccc2c2ccccc21.[Pt]. The molecule has 14 rings (SSSR count). The van der Waals surface area contributed by atoms with Crippen LogP contribution in [0.1, 0.15) is 5.56 Å². The first-order chi connectivity index (χ1) is 33.7. The molecule has 0 aliphatic carbocycles. The van der Waals surface area contributed by atoms with Gasteiger partial charge in [0.2, 0.25) is 0 Å². The molecule has 0 N–H and O–H groups in total. The standard InChI is InChI=1S/C61H37N6O.Pt/c1-39-34-60(67-55-28-12-6-22-47(55)48-33-32-42(36-59(48)67)68-41-17-14-16-40(35-41)64-38-63-50-23-7-13-29-56(50)64)62-37-49(39)61-57(65-51-24-8-2-18-43(51)44-19-3-9-25-52(44)65)30-15-31-58(61)66-53-26-10-4-20-45(53)46-21-5-11-27-54(46)66;/h2-34,37H,1H3;/q-3;.